The van der Waals surface area contributed by atoms with Crippen molar-refractivity contribution in [2.75, 3.05) is 0 Å². The van der Waals surface area contributed by atoms with Gasteiger partial charge in [0.25, 0.3) is 0 Å². The predicted molar refractivity (Wildman–Crippen MR) is 283 cm³/mol. The van der Waals surface area contributed by atoms with Gasteiger partial charge in [-0.25, -0.2) is 15.0 Å². The van der Waals surface area contributed by atoms with E-state index in [1.54, 1.807) is 0 Å². The van der Waals surface area contributed by atoms with Gasteiger partial charge in [-0.2, -0.15) is 0 Å². The number of hydrogen-bond donors (Lipinski definition) is 0. The van der Waals surface area contributed by atoms with Crippen LogP contribution in [0.2, 0.25) is 0 Å². The fourth-order valence-corrected chi connectivity index (χ4v) is 11.0. The Bertz CT molecular complexity index is 4140. The maximum Gasteiger partial charge on any atom is 0.163 e. The van der Waals surface area contributed by atoms with Crippen molar-refractivity contribution in [1.29, 1.82) is 0 Å². The van der Waals surface area contributed by atoms with Crippen molar-refractivity contribution in [3.63, 3.8) is 0 Å². The molecule has 13 aromatic rings. The molecule has 326 valence electrons. The highest BCUT2D eigenvalue weighted by molar-refractivity contribution is 6.26. The number of rotatable bonds is 7. The molecule has 6 heteroatoms. The average molecular weight is 886 g/mol. The SMILES string of the molecule is C[C@@H]1CC=Cc2c1ccc1c2c2c3oc4ccccc4c3cc(Cc3nc(-c4ccccc4)nc(-c4ccccc4)n3)c2n1-c1cccc(-c2ccc3c4ccccc4n(-c4ccccc4)c3c2)c1. The Balaban J connectivity index is 1.05. The lowest BCUT2D eigenvalue weighted by Gasteiger charge is -2.19. The fraction of sp³-hybridized carbons (Fsp3) is 0.0635. The molecular weight excluding hydrogens is 843 g/mol. The smallest absolute Gasteiger partial charge is 0.163 e. The van der Waals surface area contributed by atoms with Crippen LogP contribution in [0.1, 0.15) is 41.8 Å². The molecule has 4 aromatic heterocycles. The molecular formula is C63H43N5O. The molecule has 0 fully saturated rings. The molecule has 69 heavy (non-hydrogen) atoms. The van der Waals surface area contributed by atoms with E-state index >= 15 is 0 Å². The summed E-state index contributed by atoms with van der Waals surface area (Å²) >= 11 is 0. The molecule has 14 rings (SSSR count). The summed E-state index contributed by atoms with van der Waals surface area (Å²) in [4.78, 5) is 15.6. The van der Waals surface area contributed by atoms with E-state index in [9.17, 15) is 0 Å². The first-order chi connectivity index (χ1) is 34.1. The minimum Gasteiger partial charge on any atom is -0.455 e. The van der Waals surface area contributed by atoms with Gasteiger partial charge in [0, 0.05) is 55.9 Å². The second-order valence-corrected chi connectivity index (χ2v) is 18.3. The summed E-state index contributed by atoms with van der Waals surface area (Å²) in [6, 6.07) is 71.2. The number of benzene rings is 9. The maximum absolute atomic E-state index is 7.03. The minimum absolute atomic E-state index is 0.380. The van der Waals surface area contributed by atoms with Crippen molar-refractivity contribution in [3.8, 4) is 45.3 Å². The molecule has 1 atom stereocenters. The second-order valence-electron chi connectivity index (χ2n) is 18.3. The van der Waals surface area contributed by atoms with Crippen LogP contribution in [0.4, 0.5) is 0 Å². The molecule has 0 aliphatic heterocycles. The zero-order valence-corrected chi connectivity index (χ0v) is 37.8. The van der Waals surface area contributed by atoms with Crippen LogP contribution in [-0.2, 0) is 6.42 Å². The fourth-order valence-electron chi connectivity index (χ4n) is 11.0. The Labute approximate surface area is 398 Å². The number of allylic oxidation sites excluding steroid dienone is 1. The standard InChI is InChI=1S/C63H43N5O/c1-39-17-15-28-51-47(39)33-34-54-58(51)59-60(68(54)46-25-16-22-42(35-46)43-31-32-49-48-26-11-13-29-53(48)67(55(49)37-43)45-23-9-4-10-24-45)44(36-52-50-27-12-14-30-56(50)69-61(52)59)38-57-64-62(40-18-5-2-6-19-40)66-63(65-57)41-20-7-3-8-21-41/h2-16,18-37,39H,17,38H2,1H3/t39-/m1/s1. The summed E-state index contributed by atoms with van der Waals surface area (Å²) in [6.45, 7) is 2.34. The molecule has 0 unspecified atom stereocenters. The second kappa shape index (κ2) is 15.6. The molecule has 0 amide bonds. The first-order valence-corrected chi connectivity index (χ1v) is 23.8. The predicted octanol–water partition coefficient (Wildman–Crippen LogP) is 16.1. The van der Waals surface area contributed by atoms with Gasteiger partial charge < -0.3 is 13.6 Å². The third kappa shape index (κ3) is 6.29. The van der Waals surface area contributed by atoms with E-state index in [1.165, 1.54) is 38.3 Å². The largest absolute Gasteiger partial charge is 0.455 e. The summed E-state index contributed by atoms with van der Waals surface area (Å²) in [7, 11) is 0. The van der Waals surface area contributed by atoms with Crippen LogP contribution in [0.15, 0.2) is 211 Å². The van der Waals surface area contributed by atoms with Crippen LogP contribution in [0.25, 0.3) is 117 Å². The van der Waals surface area contributed by atoms with Crippen molar-refractivity contribution < 1.29 is 4.42 Å². The van der Waals surface area contributed by atoms with Gasteiger partial charge in [-0.15, -0.1) is 0 Å². The third-order valence-corrected chi connectivity index (χ3v) is 14.2. The van der Waals surface area contributed by atoms with E-state index in [1.807, 2.05) is 36.4 Å². The highest BCUT2D eigenvalue weighted by Crippen LogP contribution is 2.47. The molecule has 0 spiro atoms. The lowest BCUT2D eigenvalue weighted by Crippen LogP contribution is -2.05. The summed E-state index contributed by atoms with van der Waals surface area (Å²) in [5.41, 5.74) is 16.4. The maximum atomic E-state index is 7.03. The van der Waals surface area contributed by atoms with E-state index in [0.29, 0.717) is 29.8 Å². The molecule has 0 N–H and O–H groups in total. The molecule has 9 aromatic carbocycles. The highest BCUT2D eigenvalue weighted by Gasteiger charge is 2.27. The average Bonchev–Trinajstić information content (AvgIpc) is 4.08. The number of furan rings is 1. The number of aromatic nitrogens is 5. The Kier molecular flexibility index (Phi) is 8.89. The molecule has 0 bridgehead atoms. The normalized spacial score (nSPS) is 13.7. The van der Waals surface area contributed by atoms with Crippen molar-refractivity contribution in [2.24, 2.45) is 0 Å². The van der Waals surface area contributed by atoms with Crippen molar-refractivity contribution in [2.45, 2.75) is 25.7 Å². The van der Waals surface area contributed by atoms with Gasteiger partial charge in [-0.1, -0.05) is 165 Å². The Morgan fingerprint density at radius 3 is 1.93 bits per heavy atom. The molecule has 0 saturated heterocycles. The summed E-state index contributed by atoms with van der Waals surface area (Å²) in [6.07, 6.45) is 6.14. The Morgan fingerprint density at radius 1 is 0.493 bits per heavy atom. The molecule has 4 heterocycles. The van der Waals surface area contributed by atoms with Gasteiger partial charge in [-0.3, -0.25) is 0 Å². The van der Waals surface area contributed by atoms with Crippen LogP contribution in [-0.4, -0.2) is 24.1 Å². The van der Waals surface area contributed by atoms with E-state index < -0.39 is 0 Å². The summed E-state index contributed by atoms with van der Waals surface area (Å²) in [5.74, 6) is 2.37. The first kappa shape index (κ1) is 39.3. The lowest BCUT2D eigenvalue weighted by atomic mass is 9.86. The van der Waals surface area contributed by atoms with Crippen LogP contribution in [0.3, 0.4) is 0 Å². The van der Waals surface area contributed by atoms with Gasteiger partial charge in [0.2, 0.25) is 0 Å². The van der Waals surface area contributed by atoms with Gasteiger partial charge >= 0.3 is 0 Å². The minimum atomic E-state index is 0.380. The molecule has 0 saturated carbocycles. The van der Waals surface area contributed by atoms with E-state index in [4.69, 9.17) is 19.4 Å². The zero-order valence-electron chi connectivity index (χ0n) is 37.8. The van der Waals surface area contributed by atoms with Gasteiger partial charge in [0.15, 0.2) is 11.6 Å². The van der Waals surface area contributed by atoms with E-state index in [0.717, 1.165) is 84.0 Å². The Hall–Kier alpha value is -8.87. The third-order valence-electron chi connectivity index (χ3n) is 14.2. The summed E-state index contributed by atoms with van der Waals surface area (Å²) < 4.78 is 11.9. The zero-order chi connectivity index (χ0) is 45.6. The number of para-hydroxylation sites is 3. The van der Waals surface area contributed by atoms with Crippen molar-refractivity contribution >= 4 is 71.6 Å². The lowest BCUT2D eigenvalue weighted by molar-refractivity contribution is 0.673. The molecule has 0 radical (unpaired) electrons. The molecule has 1 aliphatic carbocycles. The topological polar surface area (TPSA) is 61.7 Å². The van der Waals surface area contributed by atoms with Crippen LogP contribution >= 0.6 is 0 Å². The van der Waals surface area contributed by atoms with Gasteiger partial charge in [0.05, 0.1) is 27.5 Å². The van der Waals surface area contributed by atoms with Crippen LogP contribution in [0.5, 0.6) is 0 Å². The van der Waals surface area contributed by atoms with Crippen LogP contribution in [0, 0.1) is 0 Å². The Morgan fingerprint density at radius 2 is 1.14 bits per heavy atom. The number of fused-ring (bicyclic) bond motifs is 12. The number of nitrogens with zero attached hydrogens (tertiary/aromatic N) is 5. The van der Waals surface area contributed by atoms with Gasteiger partial charge in [-0.05, 0) is 94.8 Å². The monoisotopic (exact) mass is 885 g/mol. The quantitative estimate of drug-likeness (QED) is 0.160. The summed E-state index contributed by atoms with van der Waals surface area (Å²) in [5, 5.41) is 6.93. The van der Waals surface area contributed by atoms with Crippen molar-refractivity contribution in [1.82, 2.24) is 24.1 Å². The molecule has 1 aliphatic rings. The van der Waals surface area contributed by atoms with E-state index in [-0.39, 0.29) is 0 Å². The first-order valence-electron chi connectivity index (χ1n) is 23.8. The number of hydrogen-bond acceptors (Lipinski definition) is 4. The van der Waals surface area contributed by atoms with E-state index in [2.05, 4.69) is 192 Å². The molecule has 6 nitrogen and oxygen atoms in total. The van der Waals surface area contributed by atoms with Gasteiger partial charge in [0.1, 0.15) is 17.0 Å². The van der Waals surface area contributed by atoms with Crippen LogP contribution < -0.4 is 0 Å². The van der Waals surface area contributed by atoms with Crippen molar-refractivity contribution in [3.05, 3.63) is 229 Å². The highest BCUT2D eigenvalue weighted by atomic mass is 16.3.